The van der Waals surface area contributed by atoms with Crippen molar-refractivity contribution in [2.24, 2.45) is 0 Å². The Hall–Kier alpha value is -1.90. The molecule has 3 rings (SSSR count). The summed E-state index contributed by atoms with van der Waals surface area (Å²) in [6, 6.07) is 8.22. The maximum Gasteiger partial charge on any atom is 0.254 e. The van der Waals surface area contributed by atoms with Crippen molar-refractivity contribution in [3.8, 4) is 0 Å². The van der Waals surface area contributed by atoms with E-state index in [4.69, 9.17) is 0 Å². The molecule has 1 aromatic carbocycles. The van der Waals surface area contributed by atoms with Gasteiger partial charge >= 0.3 is 0 Å². The third kappa shape index (κ3) is 1.89. The Morgan fingerprint density at radius 3 is 2.53 bits per heavy atom. The van der Waals surface area contributed by atoms with Gasteiger partial charge in [-0.15, -0.1) is 0 Å². The van der Waals surface area contributed by atoms with Crippen molar-refractivity contribution < 1.29 is 9.59 Å². The zero-order valence-electron chi connectivity index (χ0n) is 11.2. The van der Waals surface area contributed by atoms with E-state index in [-0.39, 0.29) is 23.7 Å². The molecule has 1 saturated heterocycles. The van der Waals surface area contributed by atoms with E-state index >= 15 is 0 Å². The molecule has 0 radical (unpaired) electrons. The van der Waals surface area contributed by atoms with Crippen LogP contribution in [0.3, 0.4) is 0 Å². The number of carbonyl (C=O) groups is 2. The molecule has 1 N–H and O–H groups in total. The van der Waals surface area contributed by atoms with Crippen LogP contribution in [0.15, 0.2) is 29.8 Å². The van der Waals surface area contributed by atoms with E-state index in [2.05, 4.69) is 31.3 Å². The largest absolute Gasteiger partial charge is 0.292 e. The first kappa shape index (κ1) is 12.2. The number of benzene rings is 1. The highest BCUT2D eigenvalue weighted by molar-refractivity contribution is 6.17. The summed E-state index contributed by atoms with van der Waals surface area (Å²) in [6.07, 6.45) is 2.09. The van der Waals surface area contributed by atoms with Gasteiger partial charge in [-0.25, -0.2) is 0 Å². The van der Waals surface area contributed by atoms with Gasteiger partial charge in [0.05, 0.1) is 6.42 Å². The van der Waals surface area contributed by atoms with Gasteiger partial charge in [-0.3, -0.25) is 14.9 Å². The first-order chi connectivity index (χ1) is 8.99. The molecule has 0 saturated carbocycles. The SMILES string of the molecule is CC1(C)CCC(=C2CC(=O)NC2=O)c2ccccc21. The summed E-state index contributed by atoms with van der Waals surface area (Å²) in [5, 5.41) is 2.38. The summed E-state index contributed by atoms with van der Waals surface area (Å²) >= 11 is 0. The van der Waals surface area contributed by atoms with Gasteiger partial charge < -0.3 is 0 Å². The summed E-state index contributed by atoms with van der Waals surface area (Å²) in [4.78, 5) is 23.2. The molecule has 98 valence electrons. The zero-order valence-corrected chi connectivity index (χ0v) is 11.2. The Kier molecular flexibility index (Phi) is 2.59. The molecule has 0 bridgehead atoms. The van der Waals surface area contributed by atoms with Gasteiger partial charge in [0.15, 0.2) is 0 Å². The fraction of sp³-hybridized carbons (Fsp3) is 0.375. The molecule has 0 unspecified atom stereocenters. The van der Waals surface area contributed by atoms with Crippen LogP contribution in [0.1, 0.15) is 44.2 Å². The maximum absolute atomic E-state index is 11.9. The Bertz CT molecular complexity index is 611. The monoisotopic (exact) mass is 255 g/mol. The van der Waals surface area contributed by atoms with Gasteiger partial charge in [-0.05, 0) is 35.0 Å². The summed E-state index contributed by atoms with van der Waals surface area (Å²) in [5.41, 5.74) is 4.25. The number of allylic oxidation sites excluding steroid dienone is 1. The molecule has 1 aromatic rings. The molecule has 1 aliphatic carbocycles. The number of rotatable bonds is 0. The molecule has 3 heteroatoms. The highest BCUT2D eigenvalue weighted by Crippen LogP contribution is 2.43. The van der Waals surface area contributed by atoms with Crippen LogP contribution < -0.4 is 5.32 Å². The summed E-state index contributed by atoms with van der Waals surface area (Å²) in [7, 11) is 0. The van der Waals surface area contributed by atoms with Crippen LogP contribution in [0.25, 0.3) is 5.57 Å². The maximum atomic E-state index is 11.9. The normalized spacial score (nSPS) is 25.2. The van der Waals surface area contributed by atoms with Gasteiger partial charge in [-0.2, -0.15) is 0 Å². The number of hydrogen-bond donors (Lipinski definition) is 1. The molecule has 1 aliphatic heterocycles. The fourth-order valence-electron chi connectivity index (χ4n) is 3.09. The fourth-order valence-corrected chi connectivity index (χ4v) is 3.09. The number of hydrogen-bond acceptors (Lipinski definition) is 2. The average Bonchev–Trinajstić information content (AvgIpc) is 2.69. The molecule has 3 nitrogen and oxygen atoms in total. The van der Waals surface area contributed by atoms with Crippen molar-refractivity contribution in [3.63, 3.8) is 0 Å². The number of imide groups is 1. The second-order valence-electron chi connectivity index (χ2n) is 5.94. The predicted octanol–water partition coefficient (Wildman–Crippen LogP) is 2.56. The van der Waals surface area contributed by atoms with E-state index in [9.17, 15) is 9.59 Å². The van der Waals surface area contributed by atoms with E-state index < -0.39 is 0 Å². The first-order valence-electron chi connectivity index (χ1n) is 6.65. The van der Waals surface area contributed by atoms with Crippen molar-refractivity contribution in [2.45, 2.75) is 38.5 Å². The molecule has 19 heavy (non-hydrogen) atoms. The third-order valence-electron chi connectivity index (χ3n) is 4.21. The lowest BCUT2D eigenvalue weighted by molar-refractivity contribution is -0.124. The average molecular weight is 255 g/mol. The highest BCUT2D eigenvalue weighted by Gasteiger charge is 2.34. The van der Waals surface area contributed by atoms with Crippen molar-refractivity contribution in [2.75, 3.05) is 0 Å². The van der Waals surface area contributed by atoms with Gasteiger partial charge in [0.25, 0.3) is 5.91 Å². The molecule has 0 aromatic heterocycles. The van der Waals surface area contributed by atoms with Crippen molar-refractivity contribution in [1.82, 2.24) is 5.32 Å². The van der Waals surface area contributed by atoms with Crippen molar-refractivity contribution in [1.29, 1.82) is 0 Å². The third-order valence-corrected chi connectivity index (χ3v) is 4.21. The van der Waals surface area contributed by atoms with E-state index in [1.165, 1.54) is 5.56 Å². The predicted molar refractivity (Wildman–Crippen MR) is 73.4 cm³/mol. The molecular formula is C16H17NO2. The Morgan fingerprint density at radius 2 is 1.84 bits per heavy atom. The Labute approximate surface area is 112 Å². The van der Waals surface area contributed by atoms with Gasteiger partial charge in [-0.1, -0.05) is 38.1 Å². The lowest BCUT2D eigenvalue weighted by Gasteiger charge is -2.34. The lowest BCUT2D eigenvalue weighted by Crippen LogP contribution is -2.24. The van der Waals surface area contributed by atoms with Crippen LogP contribution >= 0.6 is 0 Å². The summed E-state index contributed by atoms with van der Waals surface area (Å²) in [6.45, 7) is 4.46. The van der Waals surface area contributed by atoms with E-state index in [1.807, 2.05) is 12.1 Å². The minimum Gasteiger partial charge on any atom is -0.292 e. The van der Waals surface area contributed by atoms with Crippen molar-refractivity contribution >= 4 is 17.4 Å². The van der Waals surface area contributed by atoms with Gasteiger partial charge in [0, 0.05) is 5.57 Å². The van der Waals surface area contributed by atoms with E-state index in [0.29, 0.717) is 5.57 Å². The summed E-state index contributed by atoms with van der Waals surface area (Å²) < 4.78 is 0. The van der Waals surface area contributed by atoms with Gasteiger partial charge in [0.2, 0.25) is 5.91 Å². The molecule has 1 fully saturated rings. The van der Waals surface area contributed by atoms with Crippen LogP contribution in [-0.4, -0.2) is 11.8 Å². The van der Waals surface area contributed by atoms with Crippen LogP contribution in [-0.2, 0) is 15.0 Å². The Morgan fingerprint density at radius 1 is 1.11 bits per heavy atom. The van der Waals surface area contributed by atoms with Crippen molar-refractivity contribution in [3.05, 3.63) is 41.0 Å². The zero-order chi connectivity index (χ0) is 13.6. The van der Waals surface area contributed by atoms with E-state index in [0.717, 1.165) is 24.0 Å². The second-order valence-corrected chi connectivity index (χ2v) is 5.94. The first-order valence-corrected chi connectivity index (χ1v) is 6.65. The molecule has 2 aliphatic rings. The number of nitrogens with one attached hydrogen (secondary N) is 1. The lowest BCUT2D eigenvalue weighted by atomic mass is 9.70. The van der Waals surface area contributed by atoms with Crippen LogP contribution in [0, 0.1) is 0 Å². The Balaban J connectivity index is 2.19. The molecule has 0 spiro atoms. The van der Waals surface area contributed by atoms with E-state index in [1.54, 1.807) is 0 Å². The summed E-state index contributed by atoms with van der Waals surface area (Å²) in [5.74, 6) is -0.399. The number of carbonyl (C=O) groups excluding carboxylic acids is 2. The topological polar surface area (TPSA) is 46.2 Å². The quantitative estimate of drug-likeness (QED) is 0.572. The second kappa shape index (κ2) is 4.05. The van der Waals surface area contributed by atoms with Gasteiger partial charge in [0.1, 0.15) is 0 Å². The standard InChI is InChI=1S/C16H17NO2/c1-16(2)8-7-10(11-5-3-4-6-13(11)16)12-9-14(18)17-15(12)19/h3-6H,7-9H2,1-2H3,(H,17,18,19). The smallest absolute Gasteiger partial charge is 0.254 e. The van der Waals surface area contributed by atoms with Crippen LogP contribution in [0.4, 0.5) is 0 Å². The molecular weight excluding hydrogens is 238 g/mol. The number of amides is 2. The van der Waals surface area contributed by atoms with Crippen LogP contribution in [0.2, 0.25) is 0 Å². The number of fused-ring (bicyclic) bond motifs is 1. The molecule has 0 atom stereocenters. The highest BCUT2D eigenvalue weighted by atomic mass is 16.2. The molecule has 2 amide bonds. The molecule has 1 heterocycles. The minimum absolute atomic E-state index is 0.125. The minimum atomic E-state index is -0.213. The van der Waals surface area contributed by atoms with Crippen LogP contribution in [0.5, 0.6) is 0 Å².